The van der Waals surface area contributed by atoms with Gasteiger partial charge in [-0.25, -0.2) is 4.98 Å². The van der Waals surface area contributed by atoms with Crippen LogP contribution in [0.2, 0.25) is 0 Å². The van der Waals surface area contributed by atoms with Gasteiger partial charge in [-0.1, -0.05) is 42.1 Å². The Morgan fingerprint density at radius 1 is 1.46 bits per heavy atom. The zero-order valence-corrected chi connectivity index (χ0v) is 14.9. The van der Waals surface area contributed by atoms with Crippen molar-refractivity contribution in [2.75, 3.05) is 13.7 Å². The number of hydrogen-bond acceptors (Lipinski definition) is 4. The number of rotatable bonds is 6. The van der Waals surface area contributed by atoms with Crippen molar-refractivity contribution in [1.82, 2.24) is 14.9 Å². The van der Waals surface area contributed by atoms with Crippen LogP contribution in [-0.4, -0.2) is 40.5 Å². The van der Waals surface area contributed by atoms with E-state index in [9.17, 15) is 4.79 Å². The molecule has 1 N–H and O–H groups in total. The van der Waals surface area contributed by atoms with Crippen LogP contribution >= 0.6 is 11.8 Å². The van der Waals surface area contributed by atoms with Crippen molar-refractivity contribution in [3.05, 3.63) is 36.5 Å². The minimum atomic E-state index is -0.190. The van der Waals surface area contributed by atoms with Gasteiger partial charge in [0.1, 0.15) is 0 Å². The first-order valence-corrected chi connectivity index (χ1v) is 9.18. The molecule has 24 heavy (non-hydrogen) atoms. The van der Waals surface area contributed by atoms with Gasteiger partial charge >= 0.3 is 0 Å². The van der Waals surface area contributed by atoms with E-state index in [1.807, 2.05) is 31.3 Å². The van der Waals surface area contributed by atoms with Gasteiger partial charge in [-0.05, 0) is 25.3 Å². The molecule has 1 aromatic heterocycles. The fourth-order valence-corrected chi connectivity index (χ4v) is 3.83. The zero-order chi connectivity index (χ0) is 16.9. The van der Waals surface area contributed by atoms with E-state index in [0.717, 1.165) is 42.4 Å². The molecule has 0 spiro atoms. The summed E-state index contributed by atoms with van der Waals surface area (Å²) in [6.45, 7) is 3.50. The number of aromatic nitrogens is 2. The van der Waals surface area contributed by atoms with Gasteiger partial charge in [0.05, 0.1) is 29.8 Å². The van der Waals surface area contributed by atoms with Crippen molar-refractivity contribution in [1.29, 1.82) is 0 Å². The summed E-state index contributed by atoms with van der Waals surface area (Å²) in [6.07, 6.45) is 4.29. The zero-order valence-electron chi connectivity index (χ0n) is 14.1. The summed E-state index contributed by atoms with van der Waals surface area (Å²) in [6, 6.07) is 10.2. The molecule has 1 aliphatic rings. The molecular formula is C18H23N3O2S. The van der Waals surface area contributed by atoms with E-state index in [-0.39, 0.29) is 17.3 Å². The second-order valence-corrected chi connectivity index (χ2v) is 7.22. The summed E-state index contributed by atoms with van der Waals surface area (Å²) in [4.78, 5) is 16.4. The molecule has 2 heterocycles. The highest BCUT2D eigenvalue weighted by Gasteiger charge is 2.23. The summed E-state index contributed by atoms with van der Waals surface area (Å²) in [7, 11) is 1.66. The van der Waals surface area contributed by atoms with Gasteiger partial charge < -0.3 is 14.6 Å². The van der Waals surface area contributed by atoms with Crippen LogP contribution in [0.4, 0.5) is 0 Å². The van der Waals surface area contributed by atoms with E-state index in [0.29, 0.717) is 0 Å². The van der Waals surface area contributed by atoms with Crippen molar-refractivity contribution in [2.45, 2.75) is 42.8 Å². The molecule has 0 saturated carbocycles. The van der Waals surface area contributed by atoms with Gasteiger partial charge in [-0.15, -0.1) is 0 Å². The van der Waals surface area contributed by atoms with Gasteiger partial charge in [0, 0.05) is 13.7 Å². The molecule has 0 bridgehead atoms. The summed E-state index contributed by atoms with van der Waals surface area (Å²) >= 11 is 1.49. The first kappa shape index (κ1) is 17.0. The molecular weight excluding hydrogens is 322 g/mol. The normalized spacial score (nSPS) is 18.5. The third-order valence-electron chi connectivity index (χ3n) is 4.20. The molecule has 1 aromatic carbocycles. The van der Waals surface area contributed by atoms with Crippen molar-refractivity contribution < 1.29 is 9.53 Å². The smallest absolute Gasteiger partial charge is 0.233 e. The van der Waals surface area contributed by atoms with E-state index < -0.39 is 0 Å². The van der Waals surface area contributed by atoms with Crippen LogP contribution in [0.25, 0.3) is 11.3 Å². The standard InChI is InChI=1S/C18H23N3O2S/c1-13(17(22)19-2)24-18-20-11-16(14-7-4-3-5-8-14)21(18)12-15-9-6-10-23-15/h3-5,7-8,11,13,15H,6,9-10,12H2,1-2H3,(H,19,22)/t13-,15-/m0/s1. The Hall–Kier alpha value is -1.79. The van der Waals surface area contributed by atoms with Crippen molar-refractivity contribution >= 4 is 17.7 Å². The number of amides is 1. The maximum Gasteiger partial charge on any atom is 0.233 e. The lowest BCUT2D eigenvalue weighted by molar-refractivity contribution is -0.119. The average molecular weight is 345 g/mol. The van der Waals surface area contributed by atoms with Crippen molar-refractivity contribution in [2.24, 2.45) is 0 Å². The molecule has 1 fully saturated rings. The Labute approximate surface area is 146 Å². The lowest BCUT2D eigenvalue weighted by Crippen LogP contribution is -2.27. The van der Waals surface area contributed by atoms with Gasteiger partial charge in [-0.2, -0.15) is 0 Å². The Kier molecular flexibility index (Phi) is 5.58. The Morgan fingerprint density at radius 2 is 2.25 bits per heavy atom. The molecule has 6 heteroatoms. The lowest BCUT2D eigenvalue weighted by Gasteiger charge is -2.17. The molecule has 0 radical (unpaired) electrons. The topological polar surface area (TPSA) is 56.2 Å². The van der Waals surface area contributed by atoms with Crippen LogP contribution in [0, 0.1) is 0 Å². The van der Waals surface area contributed by atoms with E-state index in [1.54, 1.807) is 7.05 Å². The Balaban J connectivity index is 1.90. The molecule has 128 valence electrons. The first-order chi connectivity index (χ1) is 11.7. The van der Waals surface area contributed by atoms with Crippen LogP contribution in [0.15, 0.2) is 41.7 Å². The molecule has 0 unspecified atom stereocenters. The number of nitrogens with one attached hydrogen (secondary N) is 1. The number of carbonyl (C=O) groups excluding carboxylic acids is 1. The number of benzene rings is 1. The summed E-state index contributed by atoms with van der Waals surface area (Å²) in [5, 5.41) is 3.37. The van der Waals surface area contributed by atoms with Gasteiger partial charge in [0.2, 0.25) is 5.91 Å². The predicted octanol–water partition coefficient (Wildman–Crippen LogP) is 2.96. The van der Waals surface area contributed by atoms with Crippen LogP contribution in [0.1, 0.15) is 19.8 Å². The van der Waals surface area contributed by atoms with Crippen LogP contribution in [0.3, 0.4) is 0 Å². The largest absolute Gasteiger partial charge is 0.376 e. The maximum atomic E-state index is 11.9. The molecule has 1 saturated heterocycles. The SMILES string of the molecule is CNC(=O)[C@H](C)Sc1ncc(-c2ccccc2)n1C[C@@H]1CCCO1. The van der Waals surface area contributed by atoms with E-state index in [4.69, 9.17) is 4.74 Å². The summed E-state index contributed by atoms with van der Waals surface area (Å²) in [5.74, 6) is 0.00734. The van der Waals surface area contributed by atoms with Crippen LogP contribution in [-0.2, 0) is 16.1 Å². The number of hydrogen-bond donors (Lipinski definition) is 1. The van der Waals surface area contributed by atoms with Gasteiger partial charge in [-0.3, -0.25) is 4.79 Å². The van der Waals surface area contributed by atoms with Gasteiger partial charge in [0.15, 0.2) is 5.16 Å². The lowest BCUT2D eigenvalue weighted by atomic mass is 10.1. The highest BCUT2D eigenvalue weighted by atomic mass is 32.2. The second-order valence-electron chi connectivity index (χ2n) is 5.91. The molecule has 1 aliphatic heterocycles. The molecule has 2 atom stereocenters. The molecule has 0 aliphatic carbocycles. The molecule has 2 aromatic rings. The third kappa shape index (κ3) is 3.82. The fraction of sp³-hybridized carbons (Fsp3) is 0.444. The third-order valence-corrected chi connectivity index (χ3v) is 5.30. The van der Waals surface area contributed by atoms with Crippen molar-refractivity contribution in [3.63, 3.8) is 0 Å². The summed E-state index contributed by atoms with van der Waals surface area (Å²) < 4.78 is 8.00. The Bertz CT molecular complexity index is 681. The minimum absolute atomic E-state index is 0.00734. The number of carbonyl (C=O) groups is 1. The van der Waals surface area contributed by atoms with E-state index in [1.165, 1.54) is 11.8 Å². The monoisotopic (exact) mass is 345 g/mol. The molecule has 5 nitrogen and oxygen atoms in total. The van der Waals surface area contributed by atoms with Crippen LogP contribution < -0.4 is 5.32 Å². The number of ether oxygens (including phenoxy) is 1. The number of imidazole rings is 1. The minimum Gasteiger partial charge on any atom is -0.376 e. The quantitative estimate of drug-likeness (QED) is 0.818. The van der Waals surface area contributed by atoms with Crippen molar-refractivity contribution in [3.8, 4) is 11.3 Å². The average Bonchev–Trinajstić information content (AvgIpc) is 3.26. The second kappa shape index (κ2) is 7.85. The van der Waals surface area contributed by atoms with E-state index >= 15 is 0 Å². The highest BCUT2D eigenvalue weighted by molar-refractivity contribution is 8.00. The first-order valence-electron chi connectivity index (χ1n) is 8.30. The van der Waals surface area contributed by atoms with Gasteiger partial charge in [0.25, 0.3) is 0 Å². The predicted molar refractivity (Wildman–Crippen MR) is 96.0 cm³/mol. The highest BCUT2D eigenvalue weighted by Crippen LogP contribution is 2.30. The fourth-order valence-electron chi connectivity index (χ4n) is 2.88. The van der Waals surface area contributed by atoms with E-state index in [2.05, 4.69) is 27.0 Å². The van der Waals surface area contributed by atoms with Crippen LogP contribution in [0.5, 0.6) is 0 Å². The Morgan fingerprint density at radius 3 is 2.92 bits per heavy atom. The number of thioether (sulfide) groups is 1. The summed E-state index contributed by atoms with van der Waals surface area (Å²) in [5.41, 5.74) is 2.19. The maximum absolute atomic E-state index is 11.9. The number of nitrogens with zero attached hydrogens (tertiary/aromatic N) is 2. The molecule has 1 amide bonds. The molecule has 3 rings (SSSR count).